The summed E-state index contributed by atoms with van der Waals surface area (Å²) in [6.07, 6.45) is 2.92. The number of nitrogens with zero attached hydrogens (tertiary/aromatic N) is 3. The van der Waals surface area contributed by atoms with Crippen LogP contribution in [0, 0.1) is 0 Å². The molecule has 0 aliphatic carbocycles. The number of methoxy groups -OCH3 is 1. The summed E-state index contributed by atoms with van der Waals surface area (Å²) in [4.78, 5) is 23.6. The molecule has 2 aromatic heterocycles. The third-order valence-electron chi connectivity index (χ3n) is 1.74. The van der Waals surface area contributed by atoms with Crippen molar-refractivity contribution < 1.29 is 9.53 Å². The van der Waals surface area contributed by atoms with Gasteiger partial charge in [-0.1, -0.05) is 0 Å². The quantitative estimate of drug-likeness (QED) is 0.728. The van der Waals surface area contributed by atoms with Crippen molar-refractivity contribution in [1.29, 1.82) is 0 Å². The lowest BCUT2D eigenvalue weighted by atomic mass is 10.2. The Hall–Kier alpha value is -1.82. The average molecular weight is 221 g/mol. The lowest BCUT2D eigenvalue weighted by molar-refractivity contribution is 0.102. The van der Waals surface area contributed by atoms with Crippen molar-refractivity contribution in [1.82, 2.24) is 15.0 Å². The highest BCUT2D eigenvalue weighted by Crippen LogP contribution is 2.15. The second-order valence-corrected chi connectivity index (χ2v) is 3.34. The minimum Gasteiger partial charge on any atom is -0.479 e. The summed E-state index contributed by atoms with van der Waals surface area (Å²) < 4.78 is 4.95. The zero-order chi connectivity index (χ0) is 10.7. The summed E-state index contributed by atoms with van der Waals surface area (Å²) in [6.45, 7) is 0. The number of rotatable bonds is 3. The zero-order valence-electron chi connectivity index (χ0n) is 7.88. The number of carbonyl (C=O) groups is 1. The van der Waals surface area contributed by atoms with E-state index in [-0.39, 0.29) is 17.4 Å². The van der Waals surface area contributed by atoms with E-state index in [2.05, 4.69) is 15.0 Å². The first-order valence-corrected chi connectivity index (χ1v) is 5.05. The number of ether oxygens (including phenoxy) is 1. The van der Waals surface area contributed by atoms with E-state index in [1.165, 1.54) is 30.8 Å². The molecule has 0 amide bonds. The van der Waals surface area contributed by atoms with Gasteiger partial charge in [-0.3, -0.25) is 4.79 Å². The fraction of sp³-hybridized carbons (Fsp3) is 0.111. The molecule has 6 heteroatoms. The van der Waals surface area contributed by atoms with Crippen molar-refractivity contribution in [3.63, 3.8) is 0 Å². The van der Waals surface area contributed by atoms with Gasteiger partial charge in [0.05, 0.1) is 12.6 Å². The van der Waals surface area contributed by atoms with Crippen LogP contribution < -0.4 is 4.74 Å². The Morgan fingerprint density at radius 1 is 1.33 bits per heavy atom. The Morgan fingerprint density at radius 2 is 2.13 bits per heavy atom. The maximum Gasteiger partial charge on any atom is 0.243 e. The van der Waals surface area contributed by atoms with Gasteiger partial charge < -0.3 is 4.74 Å². The molecule has 0 bridgehead atoms. The van der Waals surface area contributed by atoms with Crippen molar-refractivity contribution in [2.45, 2.75) is 0 Å². The Morgan fingerprint density at radius 3 is 2.80 bits per heavy atom. The maximum absolute atomic E-state index is 11.8. The van der Waals surface area contributed by atoms with Crippen LogP contribution in [0.5, 0.6) is 5.88 Å². The summed E-state index contributed by atoms with van der Waals surface area (Å²) in [5, 5.41) is 1.66. The van der Waals surface area contributed by atoms with E-state index in [0.717, 1.165) is 0 Å². The second kappa shape index (κ2) is 4.14. The molecule has 2 heterocycles. The van der Waals surface area contributed by atoms with E-state index in [4.69, 9.17) is 4.74 Å². The highest BCUT2D eigenvalue weighted by Gasteiger charge is 2.18. The van der Waals surface area contributed by atoms with Gasteiger partial charge in [0.15, 0.2) is 5.69 Å². The molecule has 15 heavy (non-hydrogen) atoms. The molecular formula is C9H7N3O2S. The fourth-order valence-corrected chi connectivity index (χ4v) is 1.61. The minimum atomic E-state index is -0.277. The van der Waals surface area contributed by atoms with E-state index in [9.17, 15) is 4.79 Å². The highest BCUT2D eigenvalue weighted by molar-refractivity contribution is 7.07. The second-order valence-electron chi connectivity index (χ2n) is 2.62. The van der Waals surface area contributed by atoms with Crippen LogP contribution in [0.4, 0.5) is 0 Å². The summed E-state index contributed by atoms with van der Waals surface area (Å²) >= 11 is 1.36. The van der Waals surface area contributed by atoms with Gasteiger partial charge in [-0.05, 0) is 0 Å². The normalized spacial score (nSPS) is 9.93. The summed E-state index contributed by atoms with van der Waals surface area (Å²) in [6, 6.07) is 0. The van der Waals surface area contributed by atoms with Crippen LogP contribution in [-0.4, -0.2) is 27.8 Å². The molecular weight excluding hydrogens is 214 g/mol. The molecule has 2 rings (SSSR count). The van der Waals surface area contributed by atoms with Crippen molar-refractivity contribution >= 4 is 17.1 Å². The molecule has 0 spiro atoms. The number of hydrogen-bond acceptors (Lipinski definition) is 6. The molecule has 0 fully saturated rings. The van der Waals surface area contributed by atoms with Gasteiger partial charge in [-0.15, -0.1) is 11.3 Å². The monoisotopic (exact) mass is 221 g/mol. The van der Waals surface area contributed by atoms with Crippen LogP contribution in [-0.2, 0) is 0 Å². The van der Waals surface area contributed by atoms with E-state index in [1.807, 2.05) is 0 Å². The largest absolute Gasteiger partial charge is 0.479 e. The number of hydrogen-bond donors (Lipinski definition) is 0. The fourth-order valence-electron chi connectivity index (χ4n) is 1.08. The predicted molar refractivity (Wildman–Crippen MR) is 54.1 cm³/mol. The van der Waals surface area contributed by atoms with Crippen molar-refractivity contribution in [3.05, 3.63) is 34.7 Å². The van der Waals surface area contributed by atoms with Crippen LogP contribution in [0.25, 0.3) is 0 Å². The molecule has 0 aliphatic heterocycles. The van der Waals surface area contributed by atoms with E-state index < -0.39 is 0 Å². The van der Waals surface area contributed by atoms with E-state index >= 15 is 0 Å². The third-order valence-corrected chi connectivity index (χ3v) is 2.32. The van der Waals surface area contributed by atoms with Gasteiger partial charge in [0, 0.05) is 17.8 Å². The van der Waals surface area contributed by atoms with Crippen molar-refractivity contribution in [2.75, 3.05) is 7.11 Å². The van der Waals surface area contributed by atoms with Crippen molar-refractivity contribution in [3.8, 4) is 5.88 Å². The Bertz CT molecular complexity index is 470. The van der Waals surface area contributed by atoms with Gasteiger partial charge in [-0.25, -0.2) is 15.0 Å². The van der Waals surface area contributed by atoms with Gasteiger partial charge >= 0.3 is 0 Å². The van der Waals surface area contributed by atoms with Gasteiger partial charge in [0.25, 0.3) is 0 Å². The Balaban J connectivity index is 2.42. The van der Waals surface area contributed by atoms with Crippen molar-refractivity contribution in [2.24, 2.45) is 0 Å². The highest BCUT2D eigenvalue weighted by atomic mass is 32.1. The standard InChI is InChI=1S/C9H7N3O2S/c1-14-9-7(10-2-3-11-9)8(13)6-4-15-5-12-6/h2-5H,1H3. The zero-order valence-corrected chi connectivity index (χ0v) is 8.69. The minimum absolute atomic E-state index is 0.186. The molecule has 5 nitrogen and oxygen atoms in total. The van der Waals surface area contributed by atoms with E-state index in [1.54, 1.807) is 10.9 Å². The van der Waals surface area contributed by atoms with Crippen LogP contribution in [0.2, 0.25) is 0 Å². The van der Waals surface area contributed by atoms with Crippen LogP contribution >= 0.6 is 11.3 Å². The third kappa shape index (κ3) is 1.84. The smallest absolute Gasteiger partial charge is 0.243 e. The molecule has 0 aliphatic rings. The number of carbonyl (C=O) groups excluding carboxylic acids is 1. The first kappa shape index (κ1) is 9.72. The molecule has 76 valence electrons. The first-order valence-electron chi connectivity index (χ1n) is 4.11. The molecule has 0 atom stereocenters. The molecule has 0 radical (unpaired) electrons. The number of thiazole rings is 1. The van der Waals surface area contributed by atoms with Gasteiger partial charge in [-0.2, -0.15) is 0 Å². The maximum atomic E-state index is 11.8. The van der Waals surface area contributed by atoms with Crippen LogP contribution in [0.1, 0.15) is 16.2 Å². The number of aromatic nitrogens is 3. The summed E-state index contributed by atoms with van der Waals surface area (Å²) in [7, 11) is 1.45. The summed E-state index contributed by atoms with van der Waals surface area (Å²) in [5.74, 6) is -0.0586. The summed E-state index contributed by atoms with van der Waals surface area (Å²) in [5.41, 5.74) is 2.14. The molecule has 0 saturated heterocycles. The van der Waals surface area contributed by atoms with Crippen LogP contribution in [0.3, 0.4) is 0 Å². The Labute approximate surface area is 89.8 Å². The SMILES string of the molecule is COc1nccnc1C(=O)c1cscn1. The lowest BCUT2D eigenvalue weighted by Gasteiger charge is -2.02. The molecule has 0 saturated carbocycles. The molecule has 2 aromatic rings. The predicted octanol–water partition coefficient (Wildman–Crippen LogP) is 1.17. The van der Waals surface area contributed by atoms with Gasteiger partial charge in [0.2, 0.25) is 11.7 Å². The van der Waals surface area contributed by atoms with Crippen LogP contribution in [0.15, 0.2) is 23.3 Å². The molecule has 0 aromatic carbocycles. The Kier molecular flexibility index (Phi) is 2.68. The first-order chi connectivity index (χ1) is 7.33. The van der Waals surface area contributed by atoms with E-state index in [0.29, 0.717) is 5.69 Å². The number of ketones is 1. The molecule has 0 N–H and O–H groups in total. The topological polar surface area (TPSA) is 65.0 Å². The molecule has 0 unspecified atom stereocenters. The lowest BCUT2D eigenvalue weighted by Crippen LogP contribution is -2.07. The average Bonchev–Trinajstić information content (AvgIpc) is 2.81. The van der Waals surface area contributed by atoms with Gasteiger partial charge in [0.1, 0.15) is 5.69 Å².